The second kappa shape index (κ2) is 7.06. The van der Waals surface area contributed by atoms with Crippen LogP contribution in [0.15, 0.2) is 54.7 Å². The lowest BCUT2D eigenvalue weighted by Crippen LogP contribution is -2.23. The van der Waals surface area contributed by atoms with Gasteiger partial charge in [-0.25, -0.2) is 4.68 Å². The number of anilines is 2. The molecule has 6 nitrogen and oxygen atoms in total. The average molecular weight is 401 g/mol. The Morgan fingerprint density at radius 2 is 1.85 bits per heavy atom. The van der Waals surface area contributed by atoms with Gasteiger partial charge in [-0.2, -0.15) is 5.10 Å². The molecule has 4 rings (SSSR count). The zero-order chi connectivity index (χ0) is 19.0. The first kappa shape index (κ1) is 17.6. The van der Waals surface area contributed by atoms with Crippen LogP contribution in [0.4, 0.5) is 11.5 Å². The van der Waals surface area contributed by atoms with E-state index in [0.717, 1.165) is 11.1 Å². The number of amides is 2. The number of carbonyl (C=O) groups excluding carboxylic acids is 2. The average Bonchev–Trinajstić information content (AvgIpc) is 3.14. The lowest BCUT2D eigenvalue weighted by Gasteiger charge is -2.10. The summed E-state index contributed by atoms with van der Waals surface area (Å²) in [6, 6.07) is 13.7. The summed E-state index contributed by atoms with van der Waals surface area (Å²) in [5.74, 6) is -0.0116. The molecule has 0 fully saturated rings. The molecule has 3 aromatic rings. The van der Waals surface area contributed by atoms with E-state index >= 15 is 0 Å². The molecule has 2 heterocycles. The molecule has 8 heteroatoms. The maximum atomic E-state index is 12.4. The quantitative estimate of drug-likeness (QED) is 0.681. The molecule has 2 N–H and O–H groups in total. The van der Waals surface area contributed by atoms with Gasteiger partial charge in [-0.05, 0) is 23.8 Å². The number of carbonyl (C=O) groups is 2. The third-order valence-corrected chi connectivity index (χ3v) is 4.68. The summed E-state index contributed by atoms with van der Waals surface area (Å²) < 4.78 is 1.55. The highest BCUT2D eigenvalue weighted by Crippen LogP contribution is 2.35. The maximum absolute atomic E-state index is 12.4. The Kier molecular flexibility index (Phi) is 4.59. The van der Waals surface area contributed by atoms with E-state index in [-0.39, 0.29) is 18.2 Å². The number of halogens is 2. The molecule has 0 spiro atoms. The fraction of sp³-hybridized carbons (Fsp3) is 0.105. The third-order valence-electron chi connectivity index (χ3n) is 4.24. The first-order chi connectivity index (χ1) is 13.0. The number of hydrogen-bond donors (Lipinski definition) is 2. The Balaban J connectivity index is 1.53. The summed E-state index contributed by atoms with van der Waals surface area (Å²) in [6.45, 7) is 0. The number of nitrogens with one attached hydrogen (secondary N) is 2. The van der Waals surface area contributed by atoms with Crippen LogP contribution in [-0.2, 0) is 9.59 Å². The van der Waals surface area contributed by atoms with E-state index in [1.807, 2.05) is 30.3 Å². The molecule has 2 amide bonds. The third kappa shape index (κ3) is 3.54. The Hall–Kier alpha value is -2.83. The fourth-order valence-electron chi connectivity index (χ4n) is 3.06. The molecule has 0 aliphatic carbocycles. The van der Waals surface area contributed by atoms with Crippen molar-refractivity contribution in [1.29, 1.82) is 0 Å². The Morgan fingerprint density at radius 1 is 1.15 bits per heavy atom. The molecule has 1 unspecified atom stereocenters. The summed E-state index contributed by atoms with van der Waals surface area (Å²) >= 11 is 11.9. The largest absolute Gasteiger partial charge is 0.326 e. The van der Waals surface area contributed by atoms with E-state index in [1.54, 1.807) is 29.1 Å². The SMILES string of the molecule is O=C(CC1C(=O)Nc2c(-c3ccccc3)cnn21)Nc1cc(Cl)cc(Cl)c1. The van der Waals surface area contributed by atoms with Crippen molar-refractivity contribution in [2.45, 2.75) is 12.5 Å². The number of hydrogen-bond acceptors (Lipinski definition) is 3. The van der Waals surface area contributed by atoms with Crippen LogP contribution in [0.1, 0.15) is 12.5 Å². The predicted octanol–water partition coefficient (Wildman–Crippen LogP) is 4.38. The van der Waals surface area contributed by atoms with Gasteiger partial charge in [-0.1, -0.05) is 53.5 Å². The van der Waals surface area contributed by atoms with Crippen molar-refractivity contribution in [3.63, 3.8) is 0 Å². The Bertz CT molecular complexity index is 1010. The van der Waals surface area contributed by atoms with Gasteiger partial charge < -0.3 is 10.6 Å². The molecule has 1 aromatic heterocycles. The van der Waals surface area contributed by atoms with Crippen LogP contribution >= 0.6 is 23.2 Å². The van der Waals surface area contributed by atoms with E-state index in [4.69, 9.17) is 23.2 Å². The molecule has 27 heavy (non-hydrogen) atoms. The molecule has 2 aromatic carbocycles. The highest BCUT2D eigenvalue weighted by Gasteiger charge is 2.35. The van der Waals surface area contributed by atoms with Crippen LogP contribution < -0.4 is 10.6 Å². The summed E-state index contributed by atoms with van der Waals surface area (Å²) in [6.07, 6.45) is 1.63. The van der Waals surface area contributed by atoms with E-state index in [9.17, 15) is 9.59 Å². The molecule has 1 aliphatic rings. The lowest BCUT2D eigenvalue weighted by atomic mass is 10.1. The van der Waals surface area contributed by atoms with Gasteiger partial charge in [-0.15, -0.1) is 0 Å². The monoisotopic (exact) mass is 400 g/mol. The predicted molar refractivity (Wildman–Crippen MR) is 105 cm³/mol. The van der Waals surface area contributed by atoms with Crippen molar-refractivity contribution >= 4 is 46.5 Å². The van der Waals surface area contributed by atoms with E-state index in [2.05, 4.69) is 15.7 Å². The molecular weight excluding hydrogens is 387 g/mol. The summed E-state index contributed by atoms with van der Waals surface area (Å²) in [4.78, 5) is 24.8. The summed E-state index contributed by atoms with van der Waals surface area (Å²) in [5.41, 5.74) is 2.23. The van der Waals surface area contributed by atoms with Crippen molar-refractivity contribution < 1.29 is 9.59 Å². The minimum absolute atomic E-state index is 0.0567. The second-order valence-electron chi connectivity index (χ2n) is 6.13. The minimum Gasteiger partial charge on any atom is -0.326 e. The summed E-state index contributed by atoms with van der Waals surface area (Å²) in [7, 11) is 0. The zero-order valence-corrected chi connectivity index (χ0v) is 15.5. The van der Waals surface area contributed by atoms with E-state index < -0.39 is 6.04 Å². The van der Waals surface area contributed by atoms with Gasteiger partial charge in [-0.3, -0.25) is 9.59 Å². The van der Waals surface area contributed by atoms with Gasteiger partial charge in [0.25, 0.3) is 5.91 Å². The van der Waals surface area contributed by atoms with Crippen LogP contribution in [0, 0.1) is 0 Å². The summed E-state index contributed by atoms with van der Waals surface area (Å²) in [5, 5.41) is 10.7. The standard InChI is InChI=1S/C19H14Cl2N4O2/c20-12-6-13(21)8-14(7-12)23-17(26)9-16-19(27)24-18-15(10-22-25(16)18)11-4-2-1-3-5-11/h1-8,10,16H,9H2,(H,23,26)(H,24,27). The zero-order valence-electron chi connectivity index (χ0n) is 13.9. The molecule has 0 saturated carbocycles. The van der Waals surface area contributed by atoms with Crippen LogP contribution in [0.25, 0.3) is 11.1 Å². The second-order valence-corrected chi connectivity index (χ2v) is 7.01. The molecule has 1 aliphatic heterocycles. The molecule has 0 radical (unpaired) electrons. The highest BCUT2D eigenvalue weighted by atomic mass is 35.5. The maximum Gasteiger partial charge on any atom is 0.251 e. The molecular formula is C19H14Cl2N4O2. The van der Waals surface area contributed by atoms with Crippen molar-refractivity contribution in [2.75, 3.05) is 10.6 Å². The van der Waals surface area contributed by atoms with E-state index in [0.29, 0.717) is 21.6 Å². The highest BCUT2D eigenvalue weighted by molar-refractivity contribution is 6.35. The molecule has 1 atom stereocenters. The number of aromatic nitrogens is 2. The van der Waals surface area contributed by atoms with Gasteiger partial charge >= 0.3 is 0 Å². The minimum atomic E-state index is -0.716. The topological polar surface area (TPSA) is 76.0 Å². The number of rotatable bonds is 4. The Labute approximate surface area is 165 Å². The molecule has 136 valence electrons. The van der Waals surface area contributed by atoms with Crippen molar-refractivity contribution in [3.05, 3.63) is 64.8 Å². The van der Waals surface area contributed by atoms with Gasteiger partial charge in [0.05, 0.1) is 12.6 Å². The van der Waals surface area contributed by atoms with Crippen molar-refractivity contribution in [2.24, 2.45) is 0 Å². The lowest BCUT2D eigenvalue weighted by molar-refractivity contribution is -0.123. The van der Waals surface area contributed by atoms with Crippen LogP contribution in [0.5, 0.6) is 0 Å². The number of nitrogens with zero attached hydrogens (tertiary/aromatic N) is 2. The number of fused-ring (bicyclic) bond motifs is 1. The van der Waals surface area contributed by atoms with Crippen LogP contribution in [-0.4, -0.2) is 21.6 Å². The first-order valence-corrected chi connectivity index (χ1v) is 8.96. The molecule has 0 saturated heterocycles. The first-order valence-electron chi connectivity index (χ1n) is 8.21. The number of benzene rings is 2. The van der Waals surface area contributed by atoms with Crippen LogP contribution in [0.2, 0.25) is 10.0 Å². The van der Waals surface area contributed by atoms with Crippen LogP contribution in [0.3, 0.4) is 0 Å². The fourth-order valence-corrected chi connectivity index (χ4v) is 3.58. The Morgan fingerprint density at radius 3 is 2.56 bits per heavy atom. The van der Waals surface area contributed by atoms with Crippen molar-refractivity contribution in [1.82, 2.24) is 9.78 Å². The van der Waals surface area contributed by atoms with Gasteiger partial charge in [0.1, 0.15) is 11.9 Å². The van der Waals surface area contributed by atoms with Gasteiger partial charge in [0.15, 0.2) is 0 Å². The van der Waals surface area contributed by atoms with Gasteiger partial charge in [0.2, 0.25) is 5.91 Å². The smallest absolute Gasteiger partial charge is 0.251 e. The normalized spacial score (nSPS) is 15.3. The van der Waals surface area contributed by atoms with E-state index in [1.165, 1.54) is 0 Å². The van der Waals surface area contributed by atoms with Crippen molar-refractivity contribution in [3.8, 4) is 11.1 Å². The molecule has 0 bridgehead atoms. The van der Waals surface area contributed by atoms with Gasteiger partial charge in [0, 0.05) is 21.3 Å².